The summed E-state index contributed by atoms with van der Waals surface area (Å²) in [6, 6.07) is 19.4. The van der Waals surface area contributed by atoms with Crippen LogP contribution in [0.5, 0.6) is 0 Å². The highest BCUT2D eigenvalue weighted by atomic mass is 35.5. The summed E-state index contributed by atoms with van der Waals surface area (Å²) in [7, 11) is 1.71. The molecule has 1 aliphatic heterocycles. The quantitative estimate of drug-likeness (QED) is 0.358. The zero-order valence-corrected chi connectivity index (χ0v) is 20.1. The van der Waals surface area contributed by atoms with E-state index >= 15 is 0 Å². The second-order valence-electron chi connectivity index (χ2n) is 8.03. The fraction of sp³-hybridized carbons (Fsp3) is 0.0769. The Kier molecular flexibility index (Phi) is 6.11. The number of aromatic nitrogens is 2. The second kappa shape index (κ2) is 9.37. The molecule has 7 nitrogen and oxygen atoms in total. The molecule has 5 rings (SSSR count). The molecular weight excluding hydrogens is 485 g/mol. The second-order valence-corrected chi connectivity index (χ2v) is 8.90. The Labute approximate surface area is 211 Å². The number of hydrogen-bond acceptors (Lipinski definition) is 5. The van der Waals surface area contributed by atoms with Crippen molar-refractivity contribution in [3.63, 3.8) is 0 Å². The molecule has 2 heterocycles. The van der Waals surface area contributed by atoms with Crippen molar-refractivity contribution in [2.75, 3.05) is 22.6 Å². The molecule has 0 unspecified atom stereocenters. The van der Waals surface area contributed by atoms with E-state index in [4.69, 9.17) is 23.2 Å². The van der Waals surface area contributed by atoms with Gasteiger partial charge in [0.05, 0.1) is 17.8 Å². The van der Waals surface area contributed by atoms with Crippen LogP contribution >= 0.6 is 23.2 Å². The van der Waals surface area contributed by atoms with Gasteiger partial charge in [0.1, 0.15) is 0 Å². The fourth-order valence-electron chi connectivity index (χ4n) is 3.82. The average molecular weight is 504 g/mol. The van der Waals surface area contributed by atoms with Gasteiger partial charge in [-0.05, 0) is 66.7 Å². The predicted octanol–water partition coefficient (Wildman–Crippen LogP) is 5.97. The first-order valence-corrected chi connectivity index (χ1v) is 11.5. The number of fused-ring (bicyclic) bond motifs is 3. The summed E-state index contributed by atoms with van der Waals surface area (Å²) in [5, 5.41) is 7.17. The number of carbonyl (C=O) groups excluding carboxylic acids is 2. The standard InChI is InChI=1S/C26H19Cl2N5O2/c1-33(20-9-4-17(27)5-10-20)25(35)15-2-7-19(8-3-15)30-26-29-14-16-12-23(34)31-22-13-18(28)6-11-21(22)24(16)32-26/h2-11,13-14H,12H2,1H3,(H,31,34)(H,29,30,32). The van der Waals surface area contributed by atoms with E-state index in [0.717, 1.165) is 22.5 Å². The number of amides is 2. The van der Waals surface area contributed by atoms with Crippen LogP contribution in [0.25, 0.3) is 11.3 Å². The molecule has 0 saturated heterocycles. The van der Waals surface area contributed by atoms with Crippen LogP contribution in [-0.2, 0) is 11.2 Å². The average Bonchev–Trinajstić information content (AvgIpc) is 2.98. The first-order valence-electron chi connectivity index (χ1n) is 10.7. The van der Waals surface area contributed by atoms with E-state index in [0.29, 0.717) is 32.9 Å². The Balaban J connectivity index is 1.37. The third-order valence-electron chi connectivity index (χ3n) is 5.63. The predicted molar refractivity (Wildman–Crippen MR) is 139 cm³/mol. The summed E-state index contributed by atoms with van der Waals surface area (Å²) in [5.74, 6) is 0.0735. The summed E-state index contributed by atoms with van der Waals surface area (Å²) in [4.78, 5) is 35.7. The molecule has 4 aromatic rings. The molecule has 9 heteroatoms. The SMILES string of the molecule is CN(C(=O)c1ccc(Nc2ncc3c(n2)-c2ccc(Cl)cc2NC(=O)C3)cc1)c1ccc(Cl)cc1. The summed E-state index contributed by atoms with van der Waals surface area (Å²) < 4.78 is 0. The zero-order chi connectivity index (χ0) is 24.5. The minimum Gasteiger partial charge on any atom is -0.325 e. The van der Waals surface area contributed by atoms with Crippen molar-refractivity contribution in [1.82, 2.24) is 9.97 Å². The van der Waals surface area contributed by atoms with Gasteiger partial charge < -0.3 is 15.5 Å². The van der Waals surface area contributed by atoms with Crippen molar-refractivity contribution in [2.24, 2.45) is 0 Å². The van der Waals surface area contributed by atoms with Gasteiger partial charge in [-0.2, -0.15) is 0 Å². The first kappa shape index (κ1) is 22.8. The fourth-order valence-corrected chi connectivity index (χ4v) is 4.12. The van der Waals surface area contributed by atoms with E-state index in [1.54, 1.807) is 78.8 Å². The molecule has 0 radical (unpaired) electrons. The van der Waals surface area contributed by atoms with Crippen molar-refractivity contribution < 1.29 is 9.59 Å². The van der Waals surface area contributed by atoms with Gasteiger partial charge in [-0.3, -0.25) is 9.59 Å². The summed E-state index contributed by atoms with van der Waals surface area (Å²) in [6.07, 6.45) is 1.81. The van der Waals surface area contributed by atoms with Gasteiger partial charge in [-0.15, -0.1) is 0 Å². The molecule has 0 fully saturated rings. The summed E-state index contributed by atoms with van der Waals surface area (Å²) in [5.41, 5.74) is 4.75. The molecule has 0 aliphatic carbocycles. The van der Waals surface area contributed by atoms with Gasteiger partial charge in [0.15, 0.2) is 0 Å². The lowest BCUT2D eigenvalue weighted by atomic mass is 10.1. The van der Waals surface area contributed by atoms with Crippen LogP contribution in [0.15, 0.2) is 72.9 Å². The molecule has 0 atom stereocenters. The molecule has 35 heavy (non-hydrogen) atoms. The molecule has 1 aliphatic rings. The topological polar surface area (TPSA) is 87.2 Å². The smallest absolute Gasteiger partial charge is 0.258 e. The normalized spacial score (nSPS) is 12.1. The number of carbonyl (C=O) groups is 2. The Hall–Kier alpha value is -3.94. The maximum Gasteiger partial charge on any atom is 0.258 e. The van der Waals surface area contributed by atoms with Gasteiger partial charge in [0.25, 0.3) is 5.91 Å². The van der Waals surface area contributed by atoms with Crippen LogP contribution in [0.4, 0.5) is 23.0 Å². The van der Waals surface area contributed by atoms with Gasteiger partial charge >= 0.3 is 0 Å². The number of hydrogen-bond donors (Lipinski definition) is 2. The van der Waals surface area contributed by atoms with Crippen molar-refractivity contribution in [3.05, 3.63) is 94.1 Å². The van der Waals surface area contributed by atoms with Crippen molar-refractivity contribution in [3.8, 4) is 11.3 Å². The maximum atomic E-state index is 12.9. The van der Waals surface area contributed by atoms with Gasteiger partial charge in [-0.1, -0.05) is 23.2 Å². The van der Waals surface area contributed by atoms with E-state index in [-0.39, 0.29) is 18.2 Å². The molecular formula is C26H19Cl2N5O2. The first-order chi connectivity index (χ1) is 16.9. The lowest BCUT2D eigenvalue weighted by Crippen LogP contribution is -2.26. The van der Waals surface area contributed by atoms with Crippen molar-refractivity contribution >= 4 is 58.0 Å². The van der Waals surface area contributed by atoms with Crippen LogP contribution in [0.2, 0.25) is 10.0 Å². The minimum absolute atomic E-state index is 0.146. The number of rotatable bonds is 4. The lowest BCUT2D eigenvalue weighted by Gasteiger charge is -2.17. The third kappa shape index (κ3) is 4.82. The van der Waals surface area contributed by atoms with E-state index in [1.807, 2.05) is 6.07 Å². The Morgan fingerprint density at radius 2 is 1.71 bits per heavy atom. The lowest BCUT2D eigenvalue weighted by molar-refractivity contribution is -0.115. The highest BCUT2D eigenvalue weighted by molar-refractivity contribution is 6.31. The highest BCUT2D eigenvalue weighted by Crippen LogP contribution is 2.35. The number of benzene rings is 3. The van der Waals surface area contributed by atoms with E-state index in [1.165, 1.54) is 0 Å². The molecule has 2 N–H and O–H groups in total. The summed E-state index contributed by atoms with van der Waals surface area (Å²) >= 11 is 12.0. The van der Waals surface area contributed by atoms with Crippen LogP contribution < -0.4 is 15.5 Å². The maximum absolute atomic E-state index is 12.9. The van der Waals surface area contributed by atoms with Crippen molar-refractivity contribution in [2.45, 2.75) is 6.42 Å². The number of nitrogens with one attached hydrogen (secondary N) is 2. The molecule has 0 spiro atoms. The number of nitrogens with zero attached hydrogens (tertiary/aromatic N) is 3. The molecule has 3 aromatic carbocycles. The van der Waals surface area contributed by atoms with E-state index < -0.39 is 0 Å². The van der Waals surface area contributed by atoms with Gasteiger partial charge in [0, 0.05) is 51.4 Å². The molecule has 0 bridgehead atoms. The largest absolute Gasteiger partial charge is 0.325 e. The number of halogens is 2. The van der Waals surface area contributed by atoms with Crippen LogP contribution in [-0.4, -0.2) is 28.8 Å². The molecule has 1 aromatic heterocycles. The summed E-state index contributed by atoms with van der Waals surface area (Å²) in [6.45, 7) is 0. The van der Waals surface area contributed by atoms with E-state index in [2.05, 4.69) is 20.6 Å². The zero-order valence-electron chi connectivity index (χ0n) is 18.5. The molecule has 0 saturated carbocycles. The van der Waals surface area contributed by atoms with Crippen LogP contribution in [0.3, 0.4) is 0 Å². The van der Waals surface area contributed by atoms with Gasteiger partial charge in [0.2, 0.25) is 11.9 Å². The Bertz CT molecular complexity index is 1440. The minimum atomic E-state index is -0.152. The third-order valence-corrected chi connectivity index (χ3v) is 6.12. The van der Waals surface area contributed by atoms with Crippen molar-refractivity contribution in [1.29, 1.82) is 0 Å². The molecule has 2 amide bonds. The molecule has 174 valence electrons. The Morgan fingerprint density at radius 3 is 2.46 bits per heavy atom. The van der Waals surface area contributed by atoms with Crippen LogP contribution in [0.1, 0.15) is 15.9 Å². The van der Waals surface area contributed by atoms with E-state index in [9.17, 15) is 9.59 Å². The highest BCUT2D eigenvalue weighted by Gasteiger charge is 2.21. The number of anilines is 4. The Morgan fingerprint density at radius 1 is 1.00 bits per heavy atom. The monoisotopic (exact) mass is 503 g/mol. The van der Waals surface area contributed by atoms with Gasteiger partial charge in [-0.25, -0.2) is 9.97 Å². The van der Waals surface area contributed by atoms with Crippen LogP contribution in [0, 0.1) is 0 Å².